The molecule has 0 spiro atoms. The minimum atomic E-state index is 0.0295. The van der Waals surface area contributed by atoms with Gasteiger partial charge >= 0.3 is 0 Å². The molecule has 0 fully saturated rings. The van der Waals surface area contributed by atoms with Crippen molar-refractivity contribution >= 4 is 5.78 Å². The molecule has 3 nitrogen and oxygen atoms in total. The average molecular weight is 269 g/mol. The van der Waals surface area contributed by atoms with Crippen LogP contribution in [0, 0.1) is 27.7 Å². The Morgan fingerprint density at radius 2 is 1.55 bits per heavy atom. The van der Waals surface area contributed by atoms with Crippen molar-refractivity contribution in [3.63, 3.8) is 0 Å². The summed E-state index contributed by atoms with van der Waals surface area (Å²) in [6, 6.07) is 7.45. The summed E-state index contributed by atoms with van der Waals surface area (Å²) in [5.41, 5.74) is 5.00. The number of methoxy groups -OCH3 is 1. The summed E-state index contributed by atoms with van der Waals surface area (Å²) in [6.45, 7) is 7.67. The maximum absolute atomic E-state index is 12.7. The molecule has 0 atom stereocenters. The first-order valence-corrected chi connectivity index (χ1v) is 6.57. The van der Waals surface area contributed by atoms with Crippen molar-refractivity contribution < 1.29 is 9.53 Å². The number of carbonyl (C=O) groups excluding carboxylic acids is 1. The fourth-order valence-corrected chi connectivity index (χ4v) is 2.38. The number of hydrogen-bond donors (Lipinski definition) is 0. The van der Waals surface area contributed by atoms with E-state index in [2.05, 4.69) is 4.98 Å². The van der Waals surface area contributed by atoms with Gasteiger partial charge in [-0.2, -0.15) is 0 Å². The molecular weight excluding hydrogens is 250 g/mol. The molecule has 20 heavy (non-hydrogen) atoms. The molecule has 0 aliphatic carbocycles. The number of pyridine rings is 1. The van der Waals surface area contributed by atoms with Crippen LogP contribution in [0.3, 0.4) is 0 Å². The molecule has 0 N–H and O–H groups in total. The molecule has 0 bridgehead atoms. The molecule has 1 aromatic carbocycles. The number of ether oxygens (including phenoxy) is 1. The standard InChI is InChI=1S/C17H19NO2/c1-10-7-16(20-5)11(2)6-15(10)17(19)14-8-12(3)18-13(4)9-14/h6-9H,1-5H3. The Morgan fingerprint density at radius 3 is 2.10 bits per heavy atom. The minimum Gasteiger partial charge on any atom is -0.496 e. The lowest BCUT2D eigenvalue weighted by molar-refractivity contribution is 0.103. The molecule has 0 radical (unpaired) electrons. The SMILES string of the molecule is COc1cc(C)c(C(=O)c2cc(C)nc(C)c2)cc1C. The average Bonchev–Trinajstić information content (AvgIpc) is 2.39. The molecule has 0 unspecified atom stereocenters. The molecule has 0 aliphatic rings. The molecule has 0 saturated heterocycles. The summed E-state index contributed by atoms with van der Waals surface area (Å²) < 4.78 is 5.28. The zero-order valence-electron chi connectivity index (χ0n) is 12.6. The van der Waals surface area contributed by atoms with E-state index in [0.717, 1.165) is 28.3 Å². The fraction of sp³-hybridized carbons (Fsp3) is 0.294. The summed E-state index contributed by atoms with van der Waals surface area (Å²) in [7, 11) is 1.64. The van der Waals surface area contributed by atoms with Gasteiger partial charge < -0.3 is 4.74 Å². The van der Waals surface area contributed by atoms with E-state index in [0.29, 0.717) is 11.1 Å². The molecule has 0 saturated carbocycles. The van der Waals surface area contributed by atoms with Crippen LogP contribution in [0.25, 0.3) is 0 Å². The number of carbonyl (C=O) groups is 1. The smallest absolute Gasteiger partial charge is 0.193 e. The Bertz CT molecular complexity index is 655. The zero-order valence-corrected chi connectivity index (χ0v) is 12.6. The number of rotatable bonds is 3. The number of aryl methyl sites for hydroxylation is 4. The summed E-state index contributed by atoms with van der Waals surface area (Å²) in [4.78, 5) is 17.0. The Balaban J connectivity index is 2.50. The van der Waals surface area contributed by atoms with Gasteiger partial charge in [-0.1, -0.05) is 0 Å². The summed E-state index contributed by atoms with van der Waals surface area (Å²) in [5, 5.41) is 0. The van der Waals surface area contributed by atoms with Crippen LogP contribution in [-0.2, 0) is 0 Å². The van der Waals surface area contributed by atoms with Crippen molar-refractivity contribution in [2.45, 2.75) is 27.7 Å². The molecule has 1 aromatic heterocycles. The largest absolute Gasteiger partial charge is 0.496 e. The number of benzene rings is 1. The number of hydrogen-bond acceptors (Lipinski definition) is 3. The Labute approximate surface area is 119 Å². The van der Waals surface area contributed by atoms with Crippen LogP contribution in [0.15, 0.2) is 24.3 Å². The molecular formula is C17H19NO2. The van der Waals surface area contributed by atoms with Gasteiger partial charge in [0.2, 0.25) is 0 Å². The van der Waals surface area contributed by atoms with Crippen molar-refractivity contribution in [3.8, 4) is 5.75 Å². The second kappa shape index (κ2) is 5.45. The van der Waals surface area contributed by atoms with E-state index in [4.69, 9.17) is 4.74 Å². The predicted octanol–water partition coefficient (Wildman–Crippen LogP) is 3.55. The second-order valence-corrected chi connectivity index (χ2v) is 5.10. The highest BCUT2D eigenvalue weighted by atomic mass is 16.5. The third-order valence-electron chi connectivity index (χ3n) is 3.33. The molecule has 3 heteroatoms. The highest BCUT2D eigenvalue weighted by Crippen LogP contribution is 2.24. The van der Waals surface area contributed by atoms with E-state index >= 15 is 0 Å². The topological polar surface area (TPSA) is 39.2 Å². The van der Waals surface area contributed by atoms with Crippen molar-refractivity contribution in [1.82, 2.24) is 4.98 Å². The monoisotopic (exact) mass is 269 g/mol. The second-order valence-electron chi connectivity index (χ2n) is 5.10. The van der Waals surface area contributed by atoms with E-state index < -0.39 is 0 Å². The van der Waals surface area contributed by atoms with E-state index in [1.165, 1.54) is 0 Å². The lowest BCUT2D eigenvalue weighted by Gasteiger charge is -2.11. The van der Waals surface area contributed by atoms with Crippen LogP contribution in [-0.4, -0.2) is 17.9 Å². The minimum absolute atomic E-state index is 0.0295. The van der Waals surface area contributed by atoms with Crippen LogP contribution < -0.4 is 4.74 Å². The summed E-state index contributed by atoms with van der Waals surface area (Å²) in [5.74, 6) is 0.836. The van der Waals surface area contributed by atoms with Gasteiger partial charge in [-0.25, -0.2) is 0 Å². The number of ketones is 1. The van der Waals surface area contributed by atoms with Gasteiger partial charge in [-0.05, 0) is 63.1 Å². The van der Waals surface area contributed by atoms with Gasteiger partial charge in [-0.3, -0.25) is 9.78 Å². The first kappa shape index (κ1) is 14.3. The molecule has 104 valence electrons. The van der Waals surface area contributed by atoms with Gasteiger partial charge in [0.05, 0.1) is 7.11 Å². The highest BCUT2D eigenvalue weighted by Gasteiger charge is 2.15. The van der Waals surface area contributed by atoms with Gasteiger partial charge in [0, 0.05) is 22.5 Å². The quantitative estimate of drug-likeness (QED) is 0.800. The van der Waals surface area contributed by atoms with Crippen LogP contribution >= 0.6 is 0 Å². The van der Waals surface area contributed by atoms with Gasteiger partial charge in [-0.15, -0.1) is 0 Å². The third kappa shape index (κ3) is 2.72. The van der Waals surface area contributed by atoms with E-state index in [-0.39, 0.29) is 5.78 Å². The van der Waals surface area contributed by atoms with E-state index in [9.17, 15) is 4.79 Å². The normalized spacial score (nSPS) is 10.4. The molecule has 2 rings (SSSR count). The van der Waals surface area contributed by atoms with Crippen molar-refractivity contribution in [3.05, 3.63) is 57.9 Å². The molecule has 0 amide bonds. The zero-order chi connectivity index (χ0) is 14.9. The Morgan fingerprint density at radius 1 is 0.950 bits per heavy atom. The molecule has 1 heterocycles. The Hall–Kier alpha value is -2.16. The Kier molecular flexibility index (Phi) is 3.89. The van der Waals surface area contributed by atoms with E-state index in [1.54, 1.807) is 7.11 Å². The number of aromatic nitrogens is 1. The van der Waals surface area contributed by atoms with Gasteiger partial charge in [0.15, 0.2) is 5.78 Å². The maximum atomic E-state index is 12.7. The van der Waals surface area contributed by atoms with Gasteiger partial charge in [0.25, 0.3) is 0 Å². The van der Waals surface area contributed by atoms with Crippen LogP contribution in [0.5, 0.6) is 5.75 Å². The number of nitrogens with zero attached hydrogens (tertiary/aromatic N) is 1. The highest BCUT2D eigenvalue weighted by molar-refractivity contribution is 6.10. The van der Waals surface area contributed by atoms with Crippen LogP contribution in [0.2, 0.25) is 0 Å². The fourth-order valence-electron chi connectivity index (χ4n) is 2.38. The van der Waals surface area contributed by atoms with Crippen LogP contribution in [0.4, 0.5) is 0 Å². The summed E-state index contributed by atoms with van der Waals surface area (Å²) >= 11 is 0. The third-order valence-corrected chi connectivity index (χ3v) is 3.33. The lowest BCUT2D eigenvalue weighted by atomic mass is 9.96. The van der Waals surface area contributed by atoms with E-state index in [1.807, 2.05) is 52.0 Å². The maximum Gasteiger partial charge on any atom is 0.193 e. The van der Waals surface area contributed by atoms with Gasteiger partial charge in [0.1, 0.15) is 5.75 Å². The van der Waals surface area contributed by atoms with Crippen molar-refractivity contribution in [2.24, 2.45) is 0 Å². The molecule has 2 aromatic rings. The first-order chi connectivity index (χ1) is 9.42. The van der Waals surface area contributed by atoms with Crippen molar-refractivity contribution in [1.29, 1.82) is 0 Å². The lowest BCUT2D eigenvalue weighted by Crippen LogP contribution is -2.06. The van der Waals surface area contributed by atoms with Crippen molar-refractivity contribution in [2.75, 3.05) is 7.11 Å². The summed E-state index contributed by atoms with van der Waals surface area (Å²) in [6.07, 6.45) is 0. The van der Waals surface area contributed by atoms with Crippen LogP contribution in [0.1, 0.15) is 38.4 Å². The molecule has 0 aliphatic heterocycles. The predicted molar refractivity (Wildman–Crippen MR) is 79.6 cm³/mol. The first-order valence-electron chi connectivity index (χ1n) is 6.57.